The molecule has 1 aliphatic carbocycles. The predicted octanol–water partition coefficient (Wildman–Crippen LogP) is 2.27. The van der Waals surface area contributed by atoms with Crippen LogP contribution in [0.5, 0.6) is 0 Å². The van der Waals surface area contributed by atoms with Crippen LogP contribution in [-0.4, -0.2) is 25.8 Å². The van der Waals surface area contributed by atoms with Gasteiger partial charge in [-0.05, 0) is 18.9 Å². The lowest BCUT2D eigenvalue weighted by molar-refractivity contribution is -0.125. The van der Waals surface area contributed by atoms with E-state index in [0.29, 0.717) is 18.4 Å². The Kier molecular flexibility index (Phi) is 5.05. The van der Waals surface area contributed by atoms with Gasteiger partial charge in [-0.2, -0.15) is 10.1 Å². The first kappa shape index (κ1) is 15.7. The minimum absolute atomic E-state index is 0.0436. The molecule has 0 bridgehead atoms. The third-order valence-corrected chi connectivity index (χ3v) is 4.34. The maximum atomic E-state index is 12.1. The van der Waals surface area contributed by atoms with E-state index in [1.807, 2.05) is 19.2 Å². The van der Waals surface area contributed by atoms with E-state index in [0.717, 1.165) is 18.7 Å². The van der Waals surface area contributed by atoms with E-state index in [2.05, 4.69) is 20.6 Å². The van der Waals surface area contributed by atoms with Gasteiger partial charge < -0.3 is 9.84 Å². The van der Waals surface area contributed by atoms with Gasteiger partial charge in [0, 0.05) is 18.3 Å². The molecule has 1 aliphatic rings. The Balaban J connectivity index is 1.48. The highest BCUT2D eigenvalue weighted by Gasteiger charge is 2.21. The van der Waals surface area contributed by atoms with Crippen LogP contribution in [0.15, 0.2) is 23.0 Å². The van der Waals surface area contributed by atoms with Gasteiger partial charge in [-0.1, -0.05) is 31.3 Å². The van der Waals surface area contributed by atoms with Gasteiger partial charge in [0.2, 0.25) is 11.8 Å². The molecule has 0 spiro atoms. The van der Waals surface area contributed by atoms with E-state index < -0.39 is 0 Å². The van der Waals surface area contributed by atoms with Crippen molar-refractivity contribution in [1.82, 2.24) is 25.2 Å². The van der Waals surface area contributed by atoms with Gasteiger partial charge >= 0.3 is 0 Å². The molecule has 7 nitrogen and oxygen atoms in total. The van der Waals surface area contributed by atoms with Crippen molar-refractivity contribution < 1.29 is 9.32 Å². The second-order valence-corrected chi connectivity index (χ2v) is 6.23. The lowest BCUT2D eigenvalue weighted by Crippen LogP contribution is -2.31. The summed E-state index contributed by atoms with van der Waals surface area (Å²) in [6.07, 6.45) is 9.57. The monoisotopic (exact) mass is 317 g/mol. The fraction of sp³-hybridized carbons (Fsp3) is 0.625. The molecule has 0 aromatic carbocycles. The Morgan fingerprint density at radius 1 is 1.43 bits per heavy atom. The smallest absolute Gasteiger partial charge is 0.246 e. The van der Waals surface area contributed by atoms with Crippen LogP contribution in [0, 0.1) is 5.92 Å². The highest BCUT2D eigenvalue weighted by atomic mass is 16.5. The van der Waals surface area contributed by atoms with Crippen LogP contribution in [-0.2, 0) is 17.9 Å². The summed E-state index contributed by atoms with van der Waals surface area (Å²) in [5.74, 6) is 1.47. The minimum Gasteiger partial charge on any atom is -0.347 e. The largest absolute Gasteiger partial charge is 0.347 e. The Labute approximate surface area is 135 Å². The lowest BCUT2D eigenvalue weighted by Gasteiger charge is -2.17. The number of amides is 1. The maximum absolute atomic E-state index is 12.1. The lowest BCUT2D eigenvalue weighted by atomic mass is 9.89. The minimum atomic E-state index is -0.171. The highest BCUT2D eigenvalue weighted by molar-refractivity contribution is 5.78. The summed E-state index contributed by atoms with van der Waals surface area (Å²) in [7, 11) is 0. The van der Waals surface area contributed by atoms with E-state index >= 15 is 0 Å². The summed E-state index contributed by atoms with van der Waals surface area (Å²) in [5, 5.41) is 11.0. The summed E-state index contributed by atoms with van der Waals surface area (Å²) < 4.78 is 7.01. The topological polar surface area (TPSA) is 85.8 Å². The molecule has 0 radical (unpaired) electrons. The predicted molar refractivity (Wildman–Crippen MR) is 83.4 cm³/mol. The Bertz CT molecular complexity index is 616. The van der Waals surface area contributed by atoms with Crippen molar-refractivity contribution in [2.45, 2.75) is 58.0 Å². The Morgan fingerprint density at radius 3 is 3.00 bits per heavy atom. The van der Waals surface area contributed by atoms with Crippen molar-refractivity contribution in [2.75, 3.05) is 0 Å². The molecule has 23 heavy (non-hydrogen) atoms. The molecule has 1 saturated carbocycles. The van der Waals surface area contributed by atoms with E-state index in [1.165, 1.54) is 19.3 Å². The number of carbonyl (C=O) groups is 1. The van der Waals surface area contributed by atoms with Crippen LogP contribution >= 0.6 is 0 Å². The summed E-state index contributed by atoms with van der Waals surface area (Å²) in [6.45, 7) is 2.70. The first-order chi connectivity index (χ1) is 11.2. The number of carbonyl (C=O) groups excluding carboxylic acids is 1. The van der Waals surface area contributed by atoms with Gasteiger partial charge in [0.1, 0.15) is 0 Å². The number of nitrogens with zero attached hydrogens (tertiary/aromatic N) is 4. The van der Waals surface area contributed by atoms with Crippen LogP contribution in [0.3, 0.4) is 0 Å². The fourth-order valence-corrected chi connectivity index (χ4v) is 2.98. The third kappa shape index (κ3) is 4.18. The van der Waals surface area contributed by atoms with Gasteiger partial charge in [0.05, 0.1) is 19.0 Å². The zero-order valence-electron chi connectivity index (χ0n) is 13.4. The molecule has 2 heterocycles. The molecule has 1 unspecified atom stereocenters. The fourth-order valence-electron chi connectivity index (χ4n) is 2.98. The van der Waals surface area contributed by atoms with Crippen LogP contribution in [0.25, 0.3) is 0 Å². The SMILES string of the molecule is CC(Cn1cccn1)C(=O)NCc1nc(C2CCCCC2)no1. The van der Waals surface area contributed by atoms with Crippen LogP contribution in [0.2, 0.25) is 0 Å². The first-order valence-electron chi connectivity index (χ1n) is 8.30. The molecule has 2 aromatic rings. The molecule has 1 fully saturated rings. The zero-order chi connectivity index (χ0) is 16.1. The first-order valence-corrected chi connectivity index (χ1v) is 8.30. The highest BCUT2D eigenvalue weighted by Crippen LogP contribution is 2.30. The third-order valence-electron chi connectivity index (χ3n) is 4.34. The van der Waals surface area contributed by atoms with Crippen molar-refractivity contribution in [1.29, 1.82) is 0 Å². The Hall–Kier alpha value is -2.18. The van der Waals surface area contributed by atoms with Gasteiger partial charge in [0.15, 0.2) is 5.82 Å². The molecule has 0 saturated heterocycles. The molecule has 3 rings (SSSR count). The second-order valence-electron chi connectivity index (χ2n) is 6.23. The summed E-state index contributed by atoms with van der Waals surface area (Å²) in [6, 6.07) is 1.84. The zero-order valence-corrected chi connectivity index (χ0v) is 13.4. The molecule has 1 N–H and O–H groups in total. The average molecular weight is 317 g/mol. The van der Waals surface area contributed by atoms with Crippen molar-refractivity contribution in [3.63, 3.8) is 0 Å². The van der Waals surface area contributed by atoms with Crippen LogP contribution in [0.1, 0.15) is 56.7 Å². The average Bonchev–Trinajstić information content (AvgIpc) is 3.25. The standard InChI is InChI=1S/C16H23N5O2/c1-12(11-21-9-5-8-18-21)16(22)17-10-14-19-15(20-23-14)13-6-3-2-4-7-13/h5,8-9,12-13H,2-4,6-7,10-11H2,1H3,(H,17,22). The normalized spacial score (nSPS) is 17.1. The van der Waals surface area contributed by atoms with Crippen LogP contribution < -0.4 is 5.32 Å². The summed E-state index contributed by atoms with van der Waals surface area (Å²) in [5.41, 5.74) is 0. The number of hydrogen-bond acceptors (Lipinski definition) is 5. The molecule has 0 aliphatic heterocycles. The molecule has 1 atom stereocenters. The van der Waals surface area contributed by atoms with Crippen LogP contribution in [0.4, 0.5) is 0 Å². The quantitative estimate of drug-likeness (QED) is 0.883. The molecule has 1 amide bonds. The van der Waals surface area contributed by atoms with Crippen molar-refractivity contribution in [3.05, 3.63) is 30.2 Å². The van der Waals surface area contributed by atoms with E-state index in [4.69, 9.17) is 4.52 Å². The van der Waals surface area contributed by atoms with E-state index in [9.17, 15) is 4.79 Å². The maximum Gasteiger partial charge on any atom is 0.246 e. The van der Waals surface area contributed by atoms with Gasteiger partial charge in [-0.3, -0.25) is 9.48 Å². The molecule has 124 valence electrons. The van der Waals surface area contributed by atoms with E-state index in [1.54, 1.807) is 10.9 Å². The number of aromatic nitrogens is 4. The molecule has 7 heteroatoms. The van der Waals surface area contributed by atoms with Crippen molar-refractivity contribution >= 4 is 5.91 Å². The number of hydrogen-bond donors (Lipinski definition) is 1. The second kappa shape index (κ2) is 7.39. The molecular formula is C16H23N5O2. The van der Waals surface area contributed by atoms with Gasteiger partial charge in [0.25, 0.3) is 0 Å². The number of rotatable bonds is 6. The summed E-state index contributed by atoms with van der Waals surface area (Å²) >= 11 is 0. The molecular weight excluding hydrogens is 294 g/mol. The van der Waals surface area contributed by atoms with Gasteiger partial charge in [-0.25, -0.2) is 0 Å². The summed E-state index contributed by atoms with van der Waals surface area (Å²) in [4.78, 5) is 16.5. The molecule has 2 aromatic heterocycles. The van der Waals surface area contributed by atoms with Gasteiger partial charge in [-0.15, -0.1) is 0 Å². The van der Waals surface area contributed by atoms with Crippen molar-refractivity contribution in [2.24, 2.45) is 5.92 Å². The van der Waals surface area contributed by atoms with E-state index in [-0.39, 0.29) is 18.4 Å². The van der Waals surface area contributed by atoms with Crippen molar-refractivity contribution in [3.8, 4) is 0 Å². The number of nitrogens with one attached hydrogen (secondary N) is 1. The Morgan fingerprint density at radius 2 is 2.26 bits per heavy atom.